The van der Waals surface area contributed by atoms with Crippen molar-refractivity contribution in [2.24, 2.45) is 0 Å². The van der Waals surface area contributed by atoms with Crippen LogP contribution in [0.4, 0.5) is 10.2 Å². The first kappa shape index (κ1) is 25.5. The number of likely N-dealkylation sites (tertiary alicyclic amines) is 1. The molecule has 37 heavy (non-hydrogen) atoms. The van der Waals surface area contributed by atoms with Crippen LogP contribution in [0.1, 0.15) is 43.9 Å². The number of anilines is 1. The number of ether oxygens (including phenoxy) is 3. The highest BCUT2D eigenvalue weighted by atomic mass is 19.1. The maximum absolute atomic E-state index is 13.8. The van der Waals surface area contributed by atoms with Crippen molar-refractivity contribution in [3.63, 3.8) is 0 Å². The smallest absolute Gasteiger partial charge is 0.213 e. The Bertz CT molecular complexity index is 1310. The normalized spacial score (nSPS) is 18.4. The lowest BCUT2D eigenvalue weighted by atomic mass is 9.90. The van der Waals surface area contributed by atoms with Gasteiger partial charge < -0.3 is 19.9 Å². The van der Waals surface area contributed by atoms with Gasteiger partial charge in [-0.25, -0.2) is 9.97 Å². The van der Waals surface area contributed by atoms with Crippen molar-refractivity contribution in [2.45, 2.75) is 38.5 Å². The van der Waals surface area contributed by atoms with Gasteiger partial charge in [-0.1, -0.05) is 18.2 Å². The predicted molar refractivity (Wildman–Crippen MR) is 142 cm³/mol. The highest BCUT2D eigenvalue weighted by Crippen LogP contribution is 2.40. The summed E-state index contributed by atoms with van der Waals surface area (Å²) >= 11 is 0. The fourth-order valence-corrected chi connectivity index (χ4v) is 4.95. The molecule has 1 unspecified atom stereocenters. The van der Waals surface area contributed by atoms with Gasteiger partial charge in [-0.05, 0) is 72.7 Å². The van der Waals surface area contributed by atoms with Gasteiger partial charge in [0.2, 0.25) is 5.95 Å². The number of hydrogen-bond acceptors (Lipinski definition) is 7. The number of methoxy groups -OCH3 is 1. The van der Waals surface area contributed by atoms with E-state index in [1.807, 2.05) is 19.9 Å². The second-order valence-corrected chi connectivity index (χ2v) is 9.92. The predicted octanol–water partition coefficient (Wildman–Crippen LogP) is 5.44. The van der Waals surface area contributed by atoms with Gasteiger partial charge in [0.25, 0.3) is 0 Å². The molecule has 0 bridgehead atoms. The van der Waals surface area contributed by atoms with Crippen LogP contribution in [0.5, 0.6) is 0 Å². The van der Waals surface area contributed by atoms with Crippen LogP contribution in [0.2, 0.25) is 0 Å². The van der Waals surface area contributed by atoms with Crippen LogP contribution in [0.25, 0.3) is 27.8 Å². The molecule has 1 atom stereocenters. The SMILES string of the molecule is COC(C)(C)OCN1CCCC1c1cc(-c2cnc(N)c(-c3ccnc(F)c3)c2)ccc1C1=CCOC1. The van der Waals surface area contributed by atoms with Crippen molar-refractivity contribution in [1.82, 2.24) is 14.9 Å². The van der Waals surface area contributed by atoms with Crippen LogP contribution in [0, 0.1) is 5.95 Å². The van der Waals surface area contributed by atoms with Crippen molar-refractivity contribution in [3.05, 3.63) is 71.9 Å². The van der Waals surface area contributed by atoms with Crippen LogP contribution in [-0.2, 0) is 14.2 Å². The molecule has 7 nitrogen and oxygen atoms in total. The van der Waals surface area contributed by atoms with Crippen molar-refractivity contribution in [2.75, 3.05) is 39.3 Å². The van der Waals surface area contributed by atoms with Gasteiger partial charge in [0.1, 0.15) is 12.5 Å². The minimum atomic E-state index is -0.655. The standard InChI is InChI=1S/C29H33FN4O3/c1-29(2,35-3)37-18-34-11-4-5-26(34)25-13-19(6-7-23(25)21-9-12-36-17-21)22-14-24(28(31)33-16-22)20-8-10-32-27(30)15-20/h6-10,13-16,26H,4-5,11-12,17-18H2,1-3H3,(H2,31,33). The summed E-state index contributed by atoms with van der Waals surface area (Å²) in [6.07, 6.45) is 7.47. The summed E-state index contributed by atoms with van der Waals surface area (Å²) in [6.45, 7) is 6.50. The maximum Gasteiger partial charge on any atom is 0.213 e. The summed E-state index contributed by atoms with van der Waals surface area (Å²) in [4.78, 5) is 10.5. The van der Waals surface area contributed by atoms with E-state index < -0.39 is 11.7 Å². The highest BCUT2D eigenvalue weighted by Gasteiger charge is 2.31. The van der Waals surface area contributed by atoms with Crippen LogP contribution in [-0.4, -0.2) is 54.3 Å². The van der Waals surface area contributed by atoms with E-state index in [2.05, 4.69) is 39.1 Å². The third-order valence-corrected chi connectivity index (χ3v) is 7.18. The van der Waals surface area contributed by atoms with E-state index in [4.69, 9.17) is 19.9 Å². The summed E-state index contributed by atoms with van der Waals surface area (Å²) in [5.74, 6) is -0.863. The van der Waals surface area contributed by atoms with Crippen LogP contribution >= 0.6 is 0 Å². The van der Waals surface area contributed by atoms with E-state index in [9.17, 15) is 4.39 Å². The Labute approximate surface area is 217 Å². The summed E-state index contributed by atoms with van der Waals surface area (Å²) in [7, 11) is 1.66. The molecule has 8 heteroatoms. The summed E-state index contributed by atoms with van der Waals surface area (Å²) < 4.78 is 31.0. The Kier molecular flexibility index (Phi) is 7.35. The van der Waals surface area contributed by atoms with Gasteiger partial charge in [0.15, 0.2) is 5.79 Å². The molecule has 2 aromatic heterocycles. The Morgan fingerprint density at radius 2 is 1.97 bits per heavy atom. The number of benzene rings is 1. The third kappa shape index (κ3) is 5.57. The van der Waals surface area contributed by atoms with Crippen LogP contribution in [0.15, 0.2) is 54.9 Å². The third-order valence-electron chi connectivity index (χ3n) is 7.18. The number of halogens is 1. The first-order chi connectivity index (χ1) is 17.8. The minimum Gasteiger partial charge on any atom is -0.383 e. The first-order valence-electron chi connectivity index (χ1n) is 12.6. The van der Waals surface area contributed by atoms with Gasteiger partial charge in [-0.3, -0.25) is 4.90 Å². The monoisotopic (exact) mass is 504 g/mol. The Morgan fingerprint density at radius 1 is 1.11 bits per heavy atom. The molecule has 5 rings (SSSR count). The summed E-state index contributed by atoms with van der Waals surface area (Å²) in [5.41, 5.74) is 13.1. The average Bonchev–Trinajstić information content (AvgIpc) is 3.60. The van der Waals surface area contributed by atoms with Gasteiger partial charge in [0, 0.05) is 49.3 Å². The van der Waals surface area contributed by atoms with Gasteiger partial charge in [-0.2, -0.15) is 4.39 Å². The maximum atomic E-state index is 13.8. The largest absolute Gasteiger partial charge is 0.383 e. The molecular formula is C29H33FN4O3. The Morgan fingerprint density at radius 3 is 2.73 bits per heavy atom. The average molecular weight is 505 g/mol. The zero-order chi connectivity index (χ0) is 26.0. The number of nitrogens with zero attached hydrogens (tertiary/aromatic N) is 3. The zero-order valence-corrected chi connectivity index (χ0v) is 21.5. The molecular weight excluding hydrogens is 471 g/mol. The molecule has 1 aromatic carbocycles. The second kappa shape index (κ2) is 10.7. The number of hydrogen-bond donors (Lipinski definition) is 1. The topological polar surface area (TPSA) is 82.7 Å². The molecule has 0 radical (unpaired) electrons. The Balaban J connectivity index is 1.53. The molecule has 194 valence electrons. The number of nitrogens with two attached hydrogens (primary N) is 1. The molecule has 2 aliphatic rings. The van der Waals surface area contributed by atoms with Crippen molar-refractivity contribution in [3.8, 4) is 22.3 Å². The molecule has 1 fully saturated rings. The summed E-state index contributed by atoms with van der Waals surface area (Å²) in [5, 5.41) is 0. The molecule has 0 aliphatic carbocycles. The molecule has 0 saturated carbocycles. The van der Waals surface area contributed by atoms with E-state index in [-0.39, 0.29) is 6.04 Å². The van der Waals surface area contributed by atoms with E-state index in [1.165, 1.54) is 29.0 Å². The second-order valence-electron chi connectivity index (χ2n) is 9.92. The molecule has 3 aromatic rings. The number of pyridine rings is 2. The fraction of sp³-hybridized carbons (Fsp3) is 0.379. The van der Waals surface area contributed by atoms with Crippen molar-refractivity contribution < 1.29 is 18.6 Å². The molecule has 0 spiro atoms. The molecule has 4 heterocycles. The highest BCUT2D eigenvalue weighted by molar-refractivity contribution is 5.80. The van der Waals surface area contributed by atoms with Gasteiger partial charge in [-0.15, -0.1) is 0 Å². The van der Waals surface area contributed by atoms with Gasteiger partial charge >= 0.3 is 0 Å². The lowest BCUT2D eigenvalue weighted by Gasteiger charge is -2.31. The molecule has 0 amide bonds. The van der Waals surface area contributed by atoms with E-state index in [0.29, 0.717) is 36.9 Å². The number of aromatic nitrogens is 2. The number of nitrogen functional groups attached to an aromatic ring is 1. The van der Waals surface area contributed by atoms with E-state index in [1.54, 1.807) is 19.4 Å². The van der Waals surface area contributed by atoms with Crippen molar-refractivity contribution >= 4 is 11.4 Å². The van der Waals surface area contributed by atoms with Gasteiger partial charge in [0.05, 0.1) is 13.2 Å². The van der Waals surface area contributed by atoms with Crippen LogP contribution < -0.4 is 5.73 Å². The zero-order valence-electron chi connectivity index (χ0n) is 21.5. The van der Waals surface area contributed by atoms with Crippen molar-refractivity contribution in [1.29, 1.82) is 0 Å². The quantitative estimate of drug-likeness (QED) is 0.323. The summed E-state index contributed by atoms with van der Waals surface area (Å²) in [6, 6.07) is 11.8. The molecule has 2 aliphatic heterocycles. The fourth-order valence-electron chi connectivity index (χ4n) is 4.95. The van der Waals surface area contributed by atoms with Crippen LogP contribution in [0.3, 0.4) is 0 Å². The Hall–Kier alpha value is -3.17. The lowest BCUT2D eigenvalue weighted by Crippen LogP contribution is -2.35. The number of rotatable bonds is 8. The van der Waals surface area contributed by atoms with E-state index >= 15 is 0 Å². The minimum absolute atomic E-state index is 0.194. The lowest BCUT2D eigenvalue weighted by molar-refractivity contribution is -0.219. The molecule has 2 N–H and O–H groups in total. The first-order valence-corrected chi connectivity index (χ1v) is 12.6. The van der Waals surface area contributed by atoms with E-state index in [0.717, 1.165) is 30.5 Å². The molecule has 1 saturated heterocycles.